The minimum absolute atomic E-state index is 0.00988. The summed E-state index contributed by atoms with van der Waals surface area (Å²) in [5, 5.41) is 10.5. The number of nitrogens with two attached hydrogens (primary N) is 1. The van der Waals surface area contributed by atoms with Gasteiger partial charge in [-0.15, -0.1) is 5.10 Å². The molecule has 0 fully saturated rings. The summed E-state index contributed by atoms with van der Waals surface area (Å²) < 4.78 is 19.6. The van der Waals surface area contributed by atoms with E-state index in [2.05, 4.69) is 15.6 Å². The summed E-state index contributed by atoms with van der Waals surface area (Å²) in [6, 6.07) is 11.4. The number of hydrogen-bond acceptors (Lipinski definition) is 5. The molecular weight excluding hydrogens is 337 g/mol. The third-order valence-electron chi connectivity index (χ3n) is 3.84. The van der Waals surface area contributed by atoms with Gasteiger partial charge in [0.05, 0.1) is 19.3 Å². The Balaban J connectivity index is 1.80. The molecule has 0 aliphatic heterocycles. The number of ether oxygens (including phenoxy) is 1. The molecule has 2 aromatic carbocycles. The Kier molecular flexibility index (Phi) is 4.83. The third-order valence-corrected chi connectivity index (χ3v) is 3.84. The summed E-state index contributed by atoms with van der Waals surface area (Å²) in [6.07, 6.45) is 0. The lowest BCUT2D eigenvalue weighted by Gasteiger charge is -2.10. The van der Waals surface area contributed by atoms with E-state index in [0.29, 0.717) is 11.4 Å². The van der Waals surface area contributed by atoms with Crippen molar-refractivity contribution >= 4 is 17.4 Å². The maximum atomic E-state index is 13.0. The zero-order valence-corrected chi connectivity index (χ0v) is 14.4. The summed E-state index contributed by atoms with van der Waals surface area (Å²) in [4.78, 5) is 12.5. The van der Waals surface area contributed by atoms with E-state index in [1.807, 2.05) is 13.0 Å². The van der Waals surface area contributed by atoms with Gasteiger partial charge >= 0.3 is 0 Å². The summed E-state index contributed by atoms with van der Waals surface area (Å²) in [6.45, 7) is 2.18. The Morgan fingerprint density at radius 1 is 1.27 bits per heavy atom. The van der Waals surface area contributed by atoms with Crippen molar-refractivity contribution in [2.24, 2.45) is 0 Å². The fourth-order valence-corrected chi connectivity index (χ4v) is 2.46. The number of anilines is 2. The van der Waals surface area contributed by atoms with Crippen molar-refractivity contribution in [1.29, 1.82) is 0 Å². The smallest absolute Gasteiger partial charge is 0.280 e. The van der Waals surface area contributed by atoms with Crippen LogP contribution in [-0.4, -0.2) is 28.0 Å². The summed E-state index contributed by atoms with van der Waals surface area (Å²) >= 11 is 0. The fraction of sp³-hybridized carbons (Fsp3) is 0.167. The van der Waals surface area contributed by atoms with Crippen molar-refractivity contribution in [3.63, 3.8) is 0 Å². The van der Waals surface area contributed by atoms with Crippen molar-refractivity contribution in [2.75, 3.05) is 18.2 Å². The molecule has 0 saturated carbocycles. The van der Waals surface area contributed by atoms with Crippen LogP contribution < -0.4 is 15.8 Å². The molecule has 0 unspecified atom stereocenters. The van der Waals surface area contributed by atoms with Crippen molar-refractivity contribution in [3.05, 3.63) is 65.1 Å². The molecule has 0 spiro atoms. The Morgan fingerprint density at radius 3 is 2.69 bits per heavy atom. The number of halogens is 1. The average Bonchev–Trinajstić information content (AvgIpc) is 2.98. The van der Waals surface area contributed by atoms with Crippen molar-refractivity contribution < 1.29 is 13.9 Å². The van der Waals surface area contributed by atoms with Crippen LogP contribution in [0.15, 0.2) is 42.5 Å². The highest BCUT2D eigenvalue weighted by molar-refractivity contribution is 6.06. The lowest BCUT2D eigenvalue weighted by Crippen LogP contribution is -2.16. The molecule has 3 aromatic rings. The van der Waals surface area contributed by atoms with E-state index < -0.39 is 5.91 Å². The van der Waals surface area contributed by atoms with Crippen LogP contribution in [0.4, 0.5) is 15.9 Å². The summed E-state index contributed by atoms with van der Waals surface area (Å²) in [7, 11) is 1.52. The van der Waals surface area contributed by atoms with Crippen LogP contribution in [0.25, 0.3) is 0 Å². The molecule has 0 atom stereocenters. The molecule has 1 aromatic heterocycles. The van der Waals surface area contributed by atoms with Gasteiger partial charge in [-0.1, -0.05) is 23.4 Å². The van der Waals surface area contributed by atoms with E-state index in [4.69, 9.17) is 10.5 Å². The SMILES string of the molecule is COc1ccc(C)cc1NC(=O)c1nnn(Cc2ccc(F)cc2)c1N. The predicted molar refractivity (Wildman–Crippen MR) is 95.6 cm³/mol. The van der Waals surface area contributed by atoms with Crippen molar-refractivity contribution in [3.8, 4) is 5.75 Å². The highest BCUT2D eigenvalue weighted by Crippen LogP contribution is 2.26. The Labute approximate surface area is 149 Å². The first kappa shape index (κ1) is 17.4. The largest absolute Gasteiger partial charge is 0.495 e. The third kappa shape index (κ3) is 3.64. The van der Waals surface area contributed by atoms with Crippen LogP contribution in [0, 0.1) is 12.7 Å². The van der Waals surface area contributed by atoms with Gasteiger partial charge in [-0.25, -0.2) is 9.07 Å². The highest BCUT2D eigenvalue weighted by atomic mass is 19.1. The highest BCUT2D eigenvalue weighted by Gasteiger charge is 2.19. The van der Waals surface area contributed by atoms with E-state index in [1.165, 1.54) is 23.9 Å². The minimum Gasteiger partial charge on any atom is -0.495 e. The maximum Gasteiger partial charge on any atom is 0.280 e. The Hall–Kier alpha value is -3.42. The van der Waals surface area contributed by atoms with Gasteiger partial charge in [0.25, 0.3) is 5.91 Å². The average molecular weight is 355 g/mol. The van der Waals surface area contributed by atoms with Gasteiger partial charge in [0.2, 0.25) is 0 Å². The van der Waals surface area contributed by atoms with Gasteiger partial charge in [-0.05, 0) is 42.3 Å². The zero-order chi connectivity index (χ0) is 18.7. The van der Waals surface area contributed by atoms with Crippen LogP contribution >= 0.6 is 0 Å². The Morgan fingerprint density at radius 2 is 2.00 bits per heavy atom. The number of nitrogens with zero attached hydrogens (tertiary/aromatic N) is 3. The molecule has 3 rings (SSSR count). The number of benzene rings is 2. The molecular formula is C18H18FN5O2. The molecule has 134 valence electrons. The maximum absolute atomic E-state index is 13.0. The van der Waals surface area contributed by atoms with Gasteiger partial charge < -0.3 is 15.8 Å². The van der Waals surface area contributed by atoms with Crippen LogP contribution in [0.3, 0.4) is 0 Å². The Bertz CT molecular complexity index is 937. The van der Waals surface area contributed by atoms with E-state index in [0.717, 1.165) is 11.1 Å². The normalized spacial score (nSPS) is 10.6. The summed E-state index contributed by atoms with van der Waals surface area (Å²) in [5.41, 5.74) is 8.29. The molecule has 7 nitrogen and oxygen atoms in total. The van der Waals surface area contributed by atoms with Gasteiger partial charge in [0, 0.05) is 0 Å². The monoisotopic (exact) mass is 355 g/mol. The zero-order valence-electron chi connectivity index (χ0n) is 14.4. The topological polar surface area (TPSA) is 95.1 Å². The van der Waals surface area contributed by atoms with E-state index in [9.17, 15) is 9.18 Å². The van der Waals surface area contributed by atoms with E-state index >= 15 is 0 Å². The summed E-state index contributed by atoms with van der Waals surface area (Å²) in [5.74, 6) is -0.163. The van der Waals surface area contributed by atoms with Crippen LogP contribution in [0.2, 0.25) is 0 Å². The molecule has 3 N–H and O–H groups in total. The number of nitrogens with one attached hydrogen (secondary N) is 1. The minimum atomic E-state index is -0.489. The number of carbonyl (C=O) groups is 1. The van der Waals surface area contributed by atoms with Gasteiger partial charge in [0.15, 0.2) is 11.5 Å². The number of nitrogen functional groups attached to an aromatic ring is 1. The molecule has 26 heavy (non-hydrogen) atoms. The molecule has 0 aliphatic carbocycles. The first-order valence-electron chi connectivity index (χ1n) is 7.87. The van der Waals surface area contributed by atoms with Crippen molar-refractivity contribution in [2.45, 2.75) is 13.5 Å². The van der Waals surface area contributed by atoms with Crippen LogP contribution in [-0.2, 0) is 6.54 Å². The second-order valence-corrected chi connectivity index (χ2v) is 5.77. The second-order valence-electron chi connectivity index (χ2n) is 5.77. The molecule has 0 saturated heterocycles. The number of carbonyl (C=O) groups excluding carboxylic acids is 1. The van der Waals surface area contributed by atoms with Crippen molar-refractivity contribution in [1.82, 2.24) is 15.0 Å². The number of amides is 1. The van der Waals surface area contributed by atoms with E-state index in [-0.39, 0.29) is 23.9 Å². The lowest BCUT2D eigenvalue weighted by atomic mass is 10.2. The van der Waals surface area contributed by atoms with Gasteiger partial charge in [-0.2, -0.15) is 0 Å². The van der Waals surface area contributed by atoms with Crippen LogP contribution in [0.5, 0.6) is 5.75 Å². The number of methoxy groups -OCH3 is 1. The van der Waals surface area contributed by atoms with E-state index in [1.54, 1.807) is 24.3 Å². The second kappa shape index (κ2) is 7.22. The molecule has 0 aliphatic rings. The quantitative estimate of drug-likeness (QED) is 0.733. The number of aryl methyl sites for hydroxylation is 1. The molecule has 1 heterocycles. The predicted octanol–water partition coefficient (Wildman–Crippen LogP) is 2.62. The molecule has 0 radical (unpaired) electrons. The number of rotatable bonds is 5. The first-order chi connectivity index (χ1) is 12.5. The first-order valence-corrected chi connectivity index (χ1v) is 7.87. The number of aromatic nitrogens is 3. The van der Waals surface area contributed by atoms with Crippen LogP contribution in [0.1, 0.15) is 21.6 Å². The van der Waals surface area contributed by atoms with Gasteiger partial charge in [-0.3, -0.25) is 4.79 Å². The molecule has 0 bridgehead atoms. The fourth-order valence-electron chi connectivity index (χ4n) is 2.46. The number of hydrogen-bond donors (Lipinski definition) is 2. The lowest BCUT2D eigenvalue weighted by molar-refractivity contribution is 0.102. The van der Waals surface area contributed by atoms with Gasteiger partial charge in [0.1, 0.15) is 11.6 Å². The molecule has 8 heteroatoms. The molecule has 1 amide bonds. The standard InChI is InChI=1S/C18H18FN5O2/c1-11-3-8-15(26-2)14(9-11)21-18(25)16-17(20)24(23-22-16)10-12-4-6-13(19)7-5-12/h3-9H,10,20H2,1-2H3,(H,21,25).